The van der Waals surface area contributed by atoms with Gasteiger partial charge in [-0.1, -0.05) is 12.1 Å². The smallest absolute Gasteiger partial charge is 0.0662 e. The maximum Gasteiger partial charge on any atom is 0.0662 e. The van der Waals surface area contributed by atoms with Crippen molar-refractivity contribution in [3.8, 4) is 0 Å². The summed E-state index contributed by atoms with van der Waals surface area (Å²) in [6.07, 6.45) is 3.55. The second kappa shape index (κ2) is 6.13. The number of aromatic nitrogens is 2. The van der Waals surface area contributed by atoms with Crippen LogP contribution >= 0.6 is 0 Å². The normalized spacial score (nSPS) is 17.4. The van der Waals surface area contributed by atoms with Gasteiger partial charge in [0, 0.05) is 31.0 Å². The van der Waals surface area contributed by atoms with E-state index in [2.05, 4.69) is 54.9 Å². The van der Waals surface area contributed by atoms with E-state index in [0.29, 0.717) is 5.92 Å². The molecule has 1 aliphatic rings. The molecule has 1 aromatic carbocycles. The first-order valence-electron chi connectivity index (χ1n) is 8.12. The first-order chi connectivity index (χ1) is 10.6. The van der Waals surface area contributed by atoms with Crippen LogP contribution in [0.2, 0.25) is 0 Å². The van der Waals surface area contributed by atoms with Crippen LogP contribution in [0.25, 0.3) is 0 Å². The van der Waals surface area contributed by atoms with Gasteiger partial charge in [0.05, 0.1) is 12.2 Å². The fourth-order valence-electron chi connectivity index (χ4n) is 3.54. The van der Waals surface area contributed by atoms with Crippen LogP contribution in [-0.4, -0.2) is 30.4 Å². The standard InChI is InChI=1S/C18H26N4/c1-13-18-15(11-19)5-4-6-17(18)22(20-13)12-14-7-9-16(10-8-14)21(2)3/h7-10,15H,4-6,11-12,19H2,1-3H3. The number of fused-ring (bicyclic) bond motifs is 1. The molecule has 4 nitrogen and oxygen atoms in total. The van der Waals surface area contributed by atoms with E-state index in [9.17, 15) is 0 Å². The third-order valence-corrected chi connectivity index (χ3v) is 4.73. The van der Waals surface area contributed by atoms with Crippen LogP contribution in [0.5, 0.6) is 0 Å². The highest BCUT2D eigenvalue weighted by Crippen LogP contribution is 2.33. The Kier molecular flexibility index (Phi) is 4.21. The number of hydrogen-bond acceptors (Lipinski definition) is 3. The molecule has 0 saturated heterocycles. The quantitative estimate of drug-likeness (QED) is 0.944. The fourth-order valence-corrected chi connectivity index (χ4v) is 3.54. The van der Waals surface area contributed by atoms with E-state index in [-0.39, 0.29) is 0 Å². The van der Waals surface area contributed by atoms with Gasteiger partial charge in [-0.15, -0.1) is 0 Å². The molecule has 1 aromatic heterocycles. The van der Waals surface area contributed by atoms with Gasteiger partial charge < -0.3 is 10.6 Å². The zero-order chi connectivity index (χ0) is 15.7. The van der Waals surface area contributed by atoms with Gasteiger partial charge >= 0.3 is 0 Å². The Morgan fingerprint density at radius 3 is 2.64 bits per heavy atom. The topological polar surface area (TPSA) is 47.1 Å². The molecule has 2 N–H and O–H groups in total. The van der Waals surface area contributed by atoms with Crippen molar-refractivity contribution in [2.24, 2.45) is 5.73 Å². The number of benzene rings is 1. The van der Waals surface area contributed by atoms with E-state index in [1.165, 1.54) is 35.3 Å². The van der Waals surface area contributed by atoms with E-state index >= 15 is 0 Å². The Balaban J connectivity index is 1.87. The lowest BCUT2D eigenvalue weighted by atomic mass is 9.85. The number of anilines is 1. The van der Waals surface area contributed by atoms with E-state index in [4.69, 9.17) is 10.8 Å². The van der Waals surface area contributed by atoms with E-state index in [1.54, 1.807) is 0 Å². The van der Waals surface area contributed by atoms with Crippen molar-refractivity contribution >= 4 is 5.69 Å². The number of hydrogen-bond donors (Lipinski definition) is 1. The molecule has 0 aliphatic heterocycles. The first kappa shape index (κ1) is 15.1. The lowest BCUT2D eigenvalue weighted by molar-refractivity contribution is 0.531. The van der Waals surface area contributed by atoms with Gasteiger partial charge in [-0.05, 0) is 56.3 Å². The highest BCUT2D eigenvalue weighted by molar-refractivity contribution is 5.46. The number of rotatable bonds is 4. The van der Waals surface area contributed by atoms with E-state index in [0.717, 1.165) is 25.2 Å². The first-order valence-corrected chi connectivity index (χ1v) is 8.12. The lowest BCUT2D eigenvalue weighted by Gasteiger charge is -2.22. The minimum atomic E-state index is 0.494. The number of nitrogens with two attached hydrogens (primary N) is 1. The second-order valence-corrected chi connectivity index (χ2v) is 6.49. The molecule has 0 radical (unpaired) electrons. The predicted molar refractivity (Wildman–Crippen MR) is 91.6 cm³/mol. The lowest BCUT2D eigenvalue weighted by Crippen LogP contribution is -2.19. The van der Waals surface area contributed by atoms with Crippen LogP contribution in [-0.2, 0) is 13.0 Å². The van der Waals surface area contributed by atoms with Crippen LogP contribution < -0.4 is 10.6 Å². The molecule has 3 rings (SSSR count). The second-order valence-electron chi connectivity index (χ2n) is 6.49. The van der Waals surface area contributed by atoms with E-state index < -0.39 is 0 Å². The molecule has 0 saturated carbocycles. The minimum absolute atomic E-state index is 0.494. The van der Waals surface area contributed by atoms with Crippen molar-refractivity contribution in [2.45, 2.75) is 38.6 Å². The van der Waals surface area contributed by atoms with Crippen molar-refractivity contribution in [1.29, 1.82) is 0 Å². The van der Waals surface area contributed by atoms with Gasteiger partial charge in [-0.3, -0.25) is 4.68 Å². The molecular weight excluding hydrogens is 272 g/mol. The summed E-state index contributed by atoms with van der Waals surface area (Å²) in [5, 5.41) is 4.79. The van der Waals surface area contributed by atoms with Crippen molar-refractivity contribution < 1.29 is 0 Å². The molecule has 2 aromatic rings. The number of nitrogens with zero attached hydrogens (tertiary/aromatic N) is 3. The Morgan fingerprint density at radius 1 is 1.27 bits per heavy atom. The van der Waals surface area contributed by atoms with Crippen LogP contribution in [0.3, 0.4) is 0 Å². The summed E-state index contributed by atoms with van der Waals surface area (Å²) in [6, 6.07) is 8.73. The van der Waals surface area contributed by atoms with Crippen molar-refractivity contribution in [2.75, 3.05) is 25.5 Å². The van der Waals surface area contributed by atoms with Gasteiger partial charge in [0.15, 0.2) is 0 Å². The van der Waals surface area contributed by atoms with Crippen LogP contribution in [0, 0.1) is 6.92 Å². The molecule has 0 amide bonds. The number of aryl methyl sites for hydroxylation is 1. The Morgan fingerprint density at radius 2 is 2.00 bits per heavy atom. The van der Waals surface area contributed by atoms with Crippen LogP contribution in [0.1, 0.15) is 41.3 Å². The third-order valence-electron chi connectivity index (χ3n) is 4.73. The summed E-state index contributed by atoms with van der Waals surface area (Å²) < 4.78 is 2.19. The molecule has 1 heterocycles. The van der Waals surface area contributed by atoms with Crippen molar-refractivity contribution in [3.63, 3.8) is 0 Å². The summed E-state index contributed by atoms with van der Waals surface area (Å²) in [4.78, 5) is 2.12. The van der Waals surface area contributed by atoms with Gasteiger partial charge in [0.1, 0.15) is 0 Å². The summed E-state index contributed by atoms with van der Waals surface area (Å²) in [5.74, 6) is 0.494. The zero-order valence-corrected chi connectivity index (χ0v) is 13.8. The molecule has 118 valence electrons. The SMILES string of the molecule is Cc1nn(Cc2ccc(N(C)C)cc2)c2c1C(CN)CCC2. The highest BCUT2D eigenvalue weighted by atomic mass is 15.3. The Labute approximate surface area is 132 Å². The monoisotopic (exact) mass is 298 g/mol. The molecular formula is C18H26N4. The Hall–Kier alpha value is -1.81. The molecule has 4 heteroatoms. The Bertz CT molecular complexity index is 640. The van der Waals surface area contributed by atoms with Gasteiger partial charge in [-0.25, -0.2) is 0 Å². The van der Waals surface area contributed by atoms with Gasteiger partial charge in [0.25, 0.3) is 0 Å². The maximum atomic E-state index is 5.95. The van der Waals surface area contributed by atoms with Crippen LogP contribution in [0.4, 0.5) is 5.69 Å². The van der Waals surface area contributed by atoms with Crippen LogP contribution in [0.15, 0.2) is 24.3 Å². The van der Waals surface area contributed by atoms with E-state index in [1.807, 2.05) is 0 Å². The molecule has 0 bridgehead atoms. The molecule has 1 unspecified atom stereocenters. The average molecular weight is 298 g/mol. The molecule has 0 fully saturated rings. The van der Waals surface area contributed by atoms with Gasteiger partial charge in [-0.2, -0.15) is 5.10 Å². The van der Waals surface area contributed by atoms with Crippen molar-refractivity contribution in [1.82, 2.24) is 9.78 Å². The third kappa shape index (κ3) is 2.75. The molecule has 0 spiro atoms. The predicted octanol–water partition coefficient (Wildman–Crippen LogP) is 2.68. The summed E-state index contributed by atoms with van der Waals surface area (Å²) in [7, 11) is 4.13. The molecule has 22 heavy (non-hydrogen) atoms. The molecule has 1 aliphatic carbocycles. The summed E-state index contributed by atoms with van der Waals surface area (Å²) >= 11 is 0. The maximum absolute atomic E-state index is 5.95. The zero-order valence-electron chi connectivity index (χ0n) is 13.8. The summed E-state index contributed by atoms with van der Waals surface area (Å²) in [5.41, 5.74) is 12.5. The summed E-state index contributed by atoms with van der Waals surface area (Å²) in [6.45, 7) is 3.71. The average Bonchev–Trinajstić information content (AvgIpc) is 2.84. The highest BCUT2D eigenvalue weighted by Gasteiger charge is 2.25. The van der Waals surface area contributed by atoms with Gasteiger partial charge in [0.2, 0.25) is 0 Å². The fraction of sp³-hybridized carbons (Fsp3) is 0.500. The van der Waals surface area contributed by atoms with Crippen molar-refractivity contribution in [3.05, 3.63) is 46.8 Å². The molecule has 1 atom stereocenters. The largest absolute Gasteiger partial charge is 0.378 e. The minimum Gasteiger partial charge on any atom is -0.378 e.